The highest BCUT2D eigenvalue weighted by Crippen LogP contribution is 2.38. The fraction of sp³-hybridized carbons (Fsp3) is 0.0435. The fourth-order valence-corrected chi connectivity index (χ4v) is 4.72. The normalized spacial score (nSPS) is 10.9. The van der Waals surface area contributed by atoms with Crippen LogP contribution in [0.15, 0.2) is 79.3 Å². The number of aryl methyl sites for hydroxylation is 1. The van der Waals surface area contributed by atoms with E-state index in [-0.39, 0.29) is 5.91 Å². The number of nitrogens with one attached hydrogen (secondary N) is 2. The molecule has 0 atom stereocenters. The maximum Gasteiger partial charge on any atom is 0.276 e. The zero-order valence-corrected chi connectivity index (χ0v) is 18.7. The number of aromatic amines is 1. The number of aromatic nitrogens is 5. The number of carbonyl (C=O) groups excluding carboxylic acids is 1. The van der Waals surface area contributed by atoms with Crippen molar-refractivity contribution in [1.82, 2.24) is 24.1 Å². The molecule has 5 rings (SSSR count). The van der Waals surface area contributed by atoms with Gasteiger partial charge >= 0.3 is 0 Å². The summed E-state index contributed by atoms with van der Waals surface area (Å²) in [5.41, 5.74) is 2.93. The molecule has 3 heterocycles. The lowest BCUT2D eigenvalue weighted by Crippen LogP contribution is -2.16. The van der Waals surface area contributed by atoms with E-state index in [1.54, 1.807) is 17.0 Å². The smallest absolute Gasteiger partial charge is 0.276 e. The molecule has 7 nitrogen and oxygen atoms in total. The Bertz CT molecular complexity index is 1450. The molecule has 2 aromatic carbocycles. The predicted molar refractivity (Wildman–Crippen MR) is 129 cm³/mol. The minimum atomic E-state index is -0.305. The Hall–Kier alpha value is -3.82. The van der Waals surface area contributed by atoms with Gasteiger partial charge in [-0.25, -0.2) is 9.97 Å². The summed E-state index contributed by atoms with van der Waals surface area (Å²) in [6.07, 6.45) is 5.24. The van der Waals surface area contributed by atoms with Crippen LogP contribution in [0.1, 0.15) is 10.5 Å². The number of para-hydroxylation sites is 1. The second-order valence-corrected chi connectivity index (χ2v) is 8.41. The summed E-state index contributed by atoms with van der Waals surface area (Å²) in [7, 11) is 1.93. The van der Waals surface area contributed by atoms with Gasteiger partial charge in [-0.2, -0.15) is 0 Å². The molecular formula is C23H18N6OS2. The highest BCUT2D eigenvalue weighted by molar-refractivity contribution is 7.71. The van der Waals surface area contributed by atoms with Gasteiger partial charge in [-0.15, -0.1) is 0 Å². The summed E-state index contributed by atoms with van der Waals surface area (Å²) in [5, 5.41) is 3.42. The Morgan fingerprint density at radius 1 is 1.09 bits per heavy atom. The van der Waals surface area contributed by atoms with Gasteiger partial charge in [0, 0.05) is 36.9 Å². The van der Waals surface area contributed by atoms with Gasteiger partial charge in [0.2, 0.25) is 0 Å². The van der Waals surface area contributed by atoms with E-state index in [0.29, 0.717) is 15.6 Å². The molecule has 0 unspecified atom stereocenters. The quantitative estimate of drug-likeness (QED) is 0.350. The van der Waals surface area contributed by atoms with Crippen molar-refractivity contribution in [1.29, 1.82) is 0 Å². The number of thiazole rings is 1. The van der Waals surface area contributed by atoms with Crippen LogP contribution in [0.3, 0.4) is 0 Å². The standard InChI is InChI=1S/C23H18N6OS2/c1-28-13-12-24-20(28)19-18(15-8-4-2-5-9-15)26-22(32-19)27-21(30)17-14-25-23(31)29(17)16-10-6-3-7-11-16/h2-14H,1H3,(H,25,31)(H,26,27,30). The highest BCUT2D eigenvalue weighted by atomic mass is 32.1. The third kappa shape index (κ3) is 3.68. The molecule has 3 aromatic heterocycles. The first-order valence-corrected chi connectivity index (χ1v) is 11.1. The fourth-order valence-electron chi connectivity index (χ4n) is 3.43. The summed E-state index contributed by atoms with van der Waals surface area (Å²) >= 11 is 6.79. The molecule has 158 valence electrons. The minimum Gasteiger partial charge on any atom is -0.336 e. The van der Waals surface area contributed by atoms with E-state index in [1.807, 2.05) is 78.5 Å². The number of hydrogen-bond donors (Lipinski definition) is 2. The summed E-state index contributed by atoms with van der Waals surface area (Å²) in [6.45, 7) is 0. The first kappa shape index (κ1) is 20.1. The lowest BCUT2D eigenvalue weighted by molar-refractivity contribution is 0.102. The molecule has 0 bridgehead atoms. The van der Waals surface area contributed by atoms with Crippen LogP contribution in [-0.4, -0.2) is 30.0 Å². The first-order chi connectivity index (χ1) is 15.6. The first-order valence-electron chi connectivity index (χ1n) is 9.83. The van der Waals surface area contributed by atoms with Crippen LogP contribution in [0.4, 0.5) is 5.13 Å². The van der Waals surface area contributed by atoms with E-state index in [4.69, 9.17) is 17.2 Å². The van der Waals surface area contributed by atoms with Crippen LogP contribution in [0.5, 0.6) is 0 Å². The van der Waals surface area contributed by atoms with Crippen molar-refractivity contribution in [3.63, 3.8) is 0 Å². The Kier molecular flexibility index (Phi) is 5.26. The van der Waals surface area contributed by atoms with Crippen molar-refractivity contribution >= 4 is 34.6 Å². The summed E-state index contributed by atoms with van der Waals surface area (Å²) in [4.78, 5) is 26.2. The Morgan fingerprint density at radius 3 is 2.50 bits per heavy atom. The number of anilines is 1. The van der Waals surface area contributed by atoms with Crippen LogP contribution in [0, 0.1) is 4.77 Å². The van der Waals surface area contributed by atoms with Crippen LogP contribution in [-0.2, 0) is 7.05 Å². The predicted octanol–water partition coefficient (Wildman–Crippen LogP) is 5.31. The van der Waals surface area contributed by atoms with Crippen molar-refractivity contribution in [2.24, 2.45) is 7.05 Å². The minimum absolute atomic E-state index is 0.305. The Labute approximate surface area is 193 Å². The second-order valence-electron chi connectivity index (χ2n) is 7.03. The van der Waals surface area contributed by atoms with Crippen molar-refractivity contribution < 1.29 is 4.79 Å². The topological polar surface area (TPSA) is 80.5 Å². The van der Waals surface area contributed by atoms with Crippen molar-refractivity contribution in [2.75, 3.05) is 5.32 Å². The van der Waals surface area contributed by atoms with Gasteiger partial charge < -0.3 is 9.55 Å². The third-order valence-corrected chi connectivity index (χ3v) is 6.21. The number of carbonyl (C=O) groups is 1. The lowest BCUT2D eigenvalue weighted by atomic mass is 10.1. The number of imidazole rings is 2. The molecule has 0 saturated carbocycles. The van der Waals surface area contributed by atoms with Gasteiger partial charge in [0.15, 0.2) is 15.7 Å². The molecular weight excluding hydrogens is 440 g/mol. The molecule has 5 aromatic rings. The van der Waals surface area contributed by atoms with Crippen LogP contribution in [0.25, 0.3) is 27.6 Å². The van der Waals surface area contributed by atoms with E-state index in [0.717, 1.165) is 27.6 Å². The van der Waals surface area contributed by atoms with E-state index in [1.165, 1.54) is 11.3 Å². The molecule has 0 aliphatic heterocycles. The molecule has 2 N–H and O–H groups in total. The third-order valence-electron chi connectivity index (χ3n) is 4.94. The largest absolute Gasteiger partial charge is 0.336 e. The number of hydrogen-bond acceptors (Lipinski definition) is 5. The van der Waals surface area contributed by atoms with Gasteiger partial charge in [-0.3, -0.25) is 14.7 Å². The molecule has 0 radical (unpaired) electrons. The Balaban J connectivity index is 1.54. The number of benzene rings is 2. The molecule has 32 heavy (non-hydrogen) atoms. The maximum atomic E-state index is 13.2. The van der Waals surface area contributed by atoms with Crippen LogP contribution >= 0.6 is 23.6 Å². The van der Waals surface area contributed by atoms with Gasteiger partial charge in [0.05, 0.1) is 10.6 Å². The van der Waals surface area contributed by atoms with Crippen molar-refractivity contribution in [3.05, 3.63) is 89.7 Å². The SMILES string of the molecule is Cn1ccnc1-c1sc(NC(=O)c2c[nH]c(=S)n2-c2ccccc2)nc1-c1ccccc1. The van der Waals surface area contributed by atoms with Crippen molar-refractivity contribution in [3.8, 4) is 27.6 Å². The zero-order valence-electron chi connectivity index (χ0n) is 17.0. The van der Waals surface area contributed by atoms with E-state index >= 15 is 0 Å². The molecule has 0 aliphatic carbocycles. The number of nitrogens with zero attached hydrogens (tertiary/aromatic N) is 4. The highest BCUT2D eigenvalue weighted by Gasteiger charge is 2.21. The maximum absolute atomic E-state index is 13.2. The zero-order chi connectivity index (χ0) is 22.1. The van der Waals surface area contributed by atoms with Gasteiger partial charge in [0.25, 0.3) is 5.91 Å². The molecule has 1 amide bonds. The molecule has 0 fully saturated rings. The molecule has 9 heteroatoms. The van der Waals surface area contributed by atoms with Crippen LogP contribution < -0.4 is 5.32 Å². The van der Waals surface area contributed by atoms with E-state index in [2.05, 4.69) is 15.3 Å². The number of amides is 1. The summed E-state index contributed by atoms with van der Waals surface area (Å²) in [5.74, 6) is 0.483. The average Bonchev–Trinajstić information content (AvgIpc) is 3.53. The molecule has 0 aliphatic rings. The van der Waals surface area contributed by atoms with Crippen LogP contribution in [0.2, 0.25) is 0 Å². The Morgan fingerprint density at radius 2 is 1.81 bits per heavy atom. The monoisotopic (exact) mass is 458 g/mol. The summed E-state index contributed by atoms with van der Waals surface area (Å²) in [6, 6.07) is 19.4. The van der Waals surface area contributed by atoms with Crippen molar-refractivity contribution in [2.45, 2.75) is 0 Å². The summed E-state index contributed by atoms with van der Waals surface area (Å²) < 4.78 is 4.08. The molecule has 0 spiro atoms. The van der Waals surface area contributed by atoms with E-state index < -0.39 is 0 Å². The van der Waals surface area contributed by atoms with Gasteiger partial charge in [0.1, 0.15) is 5.69 Å². The number of rotatable bonds is 5. The van der Waals surface area contributed by atoms with Gasteiger partial charge in [-0.05, 0) is 24.4 Å². The average molecular weight is 459 g/mol. The number of H-pyrrole nitrogens is 1. The second kappa shape index (κ2) is 8.37. The molecule has 0 saturated heterocycles. The van der Waals surface area contributed by atoms with E-state index in [9.17, 15) is 4.79 Å². The van der Waals surface area contributed by atoms with Gasteiger partial charge in [-0.1, -0.05) is 59.9 Å². The lowest BCUT2D eigenvalue weighted by Gasteiger charge is -2.07.